The molecule has 0 spiro atoms. The maximum atomic E-state index is 11.9. The summed E-state index contributed by atoms with van der Waals surface area (Å²) in [5.41, 5.74) is 0.609. The topological polar surface area (TPSA) is 23.6 Å². The summed E-state index contributed by atoms with van der Waals surface area (Å²) in [6.07, 6.45) is 2.14. The molecule has 0 rings (SSSR count). The summed E-state index contributed by atoms with van der Waals surface area (Å²) in [6, 6.07) is 0. The van der Waals surface area contributed by atoms with Gasteiger partial charge in [0.15, 0.2) is 0 Å². The Bertz CT molecular complexity index is 210. The van der Waals surface area contributed by atoms with Crippen LogP contribution in [0, 0.1) is 0 Å². The molecule has 0 bridgehead atoms. The van der Waals surface area contributed by atoms with Gasteiger partial charge in [-0.05, 0) is 13.3 Å². The Hall–Kier alpha value is -0.830. The zero-order valence-corrected chi connectivity index (χ0v) is 10.5. The molecule has 0 aliphatic heterocycles. The number of carbonyl (C=O) groups is 1. The van der Waals surface area contributed by atoms with Crippen molar-refractivity contribution in [3.05, 3.63) is 12.2 Å². The second kappa shape index (κ2) is 7.46. The molecule has 0 aromatic carbocycles. The fraction of sp³-hybridized carbons (Fsp3) is 0.750. The predicted octanol–water partition coefficient (Wildman–Crippen LogP) is 2.45. The van der Waals surface area contributed by atoms with E-state index in [1.807, 2.05) is 5.01 Å². The highest BCUT2D eigenvalue weighted by Crippen LogP contribution is 2.06. The Morgan fingerprint density at radius 1 is 1.20 bits per heavy atom. The van der Waals surface area contributed by atoms with Gasteiger partial charge in [0.1, 0.15) is 0 Å². The van der Waals surface area contributed by atoms with Gasteiger partial charge in [-0.15, -0.1) is 0 Å². The van der Waals surface area contributed by atoms with Crippen molar-refractivity contribution in [2.45, 2.75) is 40.5 Å². The number of carbonyl (C=O) groups excluding carboxylic acids is 1. The third-order valence-corrected chi connectivity index (χ3v) is 2.39. The van der Waals surface area contributed by atoms with Crippen LogP contribution in [-0.2, 0) is 4.79 Å². The maximum Gasteiger partial charge on any atom is 0.263 e. The summed E-state index contributed by atoms with van der Waals surface area (Å²) in [5.74, 6) is 0.0483. The van der Waals surface area contributed by atoms with Crippen molar-refractivity contribution in [3.63, 3.8) is 0 Å². The Labute approximate surface area is 93.7 Å². The smallest absolute Gasteiger partial charge is 0.263 e. The largest absolute Gasteiger partial charge is 0.272 e. The second-order valence-corrected chi connectivity index (χ2v) is 3.70. The van der Waals surface area contributed by atoms with Crippen LogP contribution in [0.3, 0.4) is 0 Å². The predicted molar refractivity (Wildman–Crippen MR) is 64.4 cm³/mol. The van der Waals surface area contributed by atoms with Crippen molar-refractivity contribution < 1.29 is 4.79 Å². The number of unbranched alkanes of at least 4 members (excludes halogenated alkanes) is 1. The standard InChI is InChI=1S/C12H24N2O/c1-6-9-10-14(12(15)11(4)5)13(7-2)8-3/h4,6-10H2,1-3,5H3. The van der Waals surface area contributed by atoms with E-state index in [0.29, 0.717) is 5.57 Å². The molecule has 3 nitrogen and oxygen atoms in total. The van der Waals surface area contributed by atoms with Gasteiger partial charge in [0.2, 0.25) is 0 Å². The van der Waals surface area contributed by atoms with Gasteiger partial charge in [0.05, 0.1) is 0 Å². The molecule has 0 heterocycles. The van der Waals surface area contributed by atoms with Gasteiger partial charge >= 0.3 is 0 Å². The van der Waals surface area contributed by atoms with Crippen LogP contribution in [0.15, 0.2) is 12.2 Å². The second-order valence-electron chi connectivity index (χ2n) is 3.70. The van der Waals surface area contributed by atoms with E-state index in [1.165, 1.54) is 0 Å². The van der Waals surface area contributed by atoms with E-state index in [1.54, 1.807) is 6.92 Å². The first-order valence-electron chi connectivity index (χ1n) is 5.80. The van der Waals surface area contributed by atoms with Crippen molar-refractivity contribution in [3.8, 4) is 0 Å². The van der Waals surface area contributed by atoms with Crippen molar-refractivity contribution in [1.29, 1.82) is 0 Å². The molecular formula is C12H24N2O. The summed E-state index contributed by atoms with van der Waals surface area (Å²) in [5, 5.41) is 3.89. The van der Waals surface area contributed by atoms with Crippen LogP contribution in [-0.4, -0.2) is 35.6 Å². The Kier molecular flexibility index (Phi) is 7.05. The molecule has 0 fully saturated rings. The third kappa shape index (κ3) is 4.47. The number of rotatable bonds is 7. The number of amides is 1. The lowest BCUT2D eigenvalue weighted by atomic mass is 10.3. The lowest BCUT2D eigenvalue weighted by Gasteiger charge is -2.33. The molecular weight excluding hydrogens is 188 g/mol. The van der Waals surface area contributed by atoms with E-state index < -0.39 is 0 Å². The normalized spacial score (nSPS) is 10.5. The van der Waals surface area contributed by atoms with Gasteiger partial charge in [-0.1, -0.05) is 33.8 Å². The molecule has 0 aromatic heterocycles. The molecule has 0 unspecified atom stereocenters. The highest BCUT2D eigenvalue weighted by molar-refractivity contribution is 5.91. The maximum absolute atomic E-state index is 11.9. The lowest BCUT2D eigenvalue weighted by Crippen LogP contribution is -2.47. The first kappa shape index (κ1) is 14.2. The molecule has 0 atom stereocenters. The molecule has 0 aromatic rings. The van der Waals surface area contributed by atoms with Gasteiger partial charge in [0.25, 0.3) is 5.91 Å². The molecule has 3 heteroatoms. The Morgan fingerprint density at radius 3 is 2.07 bits per heavy atom. The van der Waals surface area contributed by atoms with Gasteiger partial charge in [-0.25, -0.2) is 5.01 Å². The monoisotopic (exact) mass is 212 g/mol. The summed E-state index contributed by atoms with van der Waals surface area (Å²) in [6.45, 7) is 14.3. The minimum atomic E-state index is 0.0483. The van der Waals surface area contributed by atoms with Crippen LogP contribution in [0.4, 0.5) is 0 Å². The number of hydrazine groups is 1. The minimum absolute atomic E-state index is 0.0483. The first-order chi connectivity index (χ1) is 7.08. The van der Waals surface area contributed by atoms with Crippen molar-refractivity contribution in [2.75, 3.05) is 19.6 Å². The van der Waals surface area contributed by atoms with Crippen molar-refractivity contribution in [2.24, 2.45) is 0 Å². The van der Waals surface area contributed by atoms with E-state index in [0.717, 1.165) is 32.5 Å². The Balaban J connectivity index is 4.54. The highest BCUT2D eigenvalue weighted by Gasteiger charge is 2.18. The number of nitrogens with zero attached hydrogens (tertiary/aromatic N) is 2. The third-order valence-electron chi connectivity index (χ3n) is 2.39. The van der Waals surface area contributed by atoms with Crippen molar-refractivity contribution >= 4 is 5.91 Å². The SMILES string of the molecule is C=C(C)C(=O)N(CCCC)N(CC)CC. The Morgan fingerprint density at radius 2 is 1.73 bits per heavy atom. The van der Waals surface area contributed by atoms with Crippen LogP contribution in [0.25, 0.3) is 0 Å². The zero-order chi connectivity index (χ0) is 11.8. The van der Waals surface area contributed by atoms with Gasteiger partial charge in [-0.2, -0.15) is 0 Å². The molecule has 0 aliphatic rings. The fourth-order valence-electron chi connectivity index (χ4n) is 1.46. The van der Waals surface area contributed by atoms with E-state index >= 15 is 0 Å². The van der Waals surface area contributed by atoms with Crippen LogP contribution in [0.2, 0.25) is 0 Å². The molecule has 0 N–H and O–H groups in total. The van der Waals surface area contributed by atoms with Gasteiger partial charge in [-0.3, -0.25) is 9.80 Å². The quantitative estimate of drug-likeness (QED) is 0.478. The van der Waals surface area contributed by atoms with Crippen LogP contribution < -0.4 is 0 Å². The van der Waals surface area contributed by atoms with Crippen molar-refractivity contribution in [1.82, 2.24) is 10.0 Å². The van der Waals surface area contributed by atoms with Gasteiger partial charge in [0, 0.05) is 25.2 Å². The number of hydrogen-bond donors (Lipinski definition) is 0. The van der Waals surface area contributed by atoms with Crippen LogP contribution in [0.5, 0.6) is 0 Å². The molecule has 15 heavy (non-hydrogen) atoms. The first-order valence-corrected chi connectivity index (χ1v) is 5.80. The van der Waals surface area contributed by atoms with Gasteiger partial charge < -0.3 is 0 Å². The molecule has 0 aliphatic carbocycles. The van der Waals surface area contributed by atoms with E-state index in [4.69, 9.17) is 0 Å². The fourth-order valence-corrected chi connectivity index (χ4v) is 1.46. The van der Waals surface area contributed by atoms with E-state index in [2.05, 4.69) is 32.4 Å². The molecule has 0 radical (unpaired) electrons. The zero-order valence-electron chi connectivity index (χ0n) is 10.5. The average Bonchev–Trinajstić information content (AvgIpc) is 2.23. The summed E-state index contributed by atoms with van der Waals surface area (Å²) in [4.78, 5) is 11.9. The molecule has 1 amide bonds. The molecule has 0 saturated carbocycles. The highest BCUT2D eigenvalue weighted by atomic mass is 16.2. The number of hydrogen-bond acceptors (Lipinski definition) is 2. The van der Waals surface area contributed by atoms with E-state index in [-0.39, 0.29) is 5.91 Å². The molecule has 88 valence electrons. The van der Waals surface area contributed by atoms with Crippen LogP contribution in [0.1, 0.15) is 40.5 Å². The summed E-state index contributed by atoms with van der Waals surface area (Å²) in [7, 11) is 0. The molecule has 0 saturated heterocycles. The van der Waals surface area contributed by atoms with E-state index in [9.17, 15) is 4.79 Å². The summed E-state index contributed by atoms with van der Waals surface area (Å²) >= 11 is 0. The lowest BCUT2D eigenvalue weighted by molar-refractivity contribution is -0.144. The van der Waals surface area contributed by atoms with Crippen LogP contribution >= 0.6 is 0 Å². The summed E-state index contributed by atoms with van der Waals surface area (Å²) < 4.78 is 0. The minimum Gasteiger partial charge on any atom is -0.272 e. The average molecular weight is 212 g/mol.